The highest BCUT2D eigenvalue weighted by Gasteiger charge is 2.28. The van der Waals surface area contributed by atoms with E-state index in [-0.39, 0.29) is 11.6 Å². The fourth-order valence-electron chi connectivity index (χ4n) is 3.82. The quantitative estimate of drug-likeness (QED) is 0.413. The van der Waals surface area contributed by atoms with Crippen LogP contribution < -0.4 is 0 Å². The minimum absolute atomic E-state index is 0.263. The van der Waals surface area contributed by atoms with E-state index in [2.05, 4.69) is 18.9 Å². The highest BCUT2D eigenvalue weighted by Crippen LogP contribution is 2.31. The van der Waals surface area contributed by atoms with E-state index < -0.39 is 12.6 Å². The summed E-state index contributed by atoms with van der Waals surface area (Å²) in [5.41, 5.74) is 5.73. The smallest absolute Gasteiger partial charge is 0.243 e. The van der Waals surface area contributed by atoms with Crippen molar-refractivity contribution in [3.8, 4) is 11.3 Å². The summed E-state index contributed by atoms with van der Waals surface area (Å²) in [6.07, 6.45) is -2.62. The van der Waals surface area contributed by atoms with E-state index in [0.717, 1.165) is 46.5 Å². The van der Waals surface area contributed by atoms with Crippen LogP contribution in [-0.4, -0.2) is 25.9 Å². The van der Waals surface area contributed by atoms with Crippen molar-refractivity contribution in [3.05, 3.63) is 40.7 Å². The summed E-state index contributed by atoms with van der Waals surface area (Å²) in [6.45, 7) is 14.0. The third-order valence-corrected chi connectivity index (χ3v) is 5.37. The molecule has 3 aromatic rings. The first-order valence-corrected chi connectivity index (χ1v) is 11.1. The van der Waals surface area contributed by atoms with Gasteiger partial charge in [0.05, 0.1) is 29.5 Å². The molecule has 2 aromatic heterocycles. The van der Waals surface area contributed by atoms with E-state index >= 15 is 0 Å². The fraction of sp³-hybridized carbons (Fsp3) is 0.542. The molecular weight excluding hydrogens is 401 g/mol. The van der Waals surface area contributed by atoms with Crippen LogP contribution in [0.2, 0.25) is 0 Å². The van der Waals surface area contributed by atoms with Gasteiger partial charge in [-0.25, -0.2) is 14.6 Å². The van der Waals surface area contributed by atoms with Crippen molar-refractivity contribution < 1.29 is 13.2 Å². The number of benzene rings is 1. The van der Waals surface area contributed by atoms with Crippen molar-refractivity contribution >= 4 is 11.2 Å². The Balaban J connectivity index is 0.00000166. The predicted molar refractivity (Wildman–Crippen MR) is 120 cm³/mol. The average Bonchev–Trinajstić information content (AvgIpc) is 3.04. The van der Waals surface area contributed by atoms with Crippen LogP contribution in [0.25, 0.3) is 22.4 Å². The Morgan fingerprint density at radius 3 is 2.16 bits per heavy atom. The number of hydrogen-bond acceptors (Lipinski definition) is 3. The van der Waals surface area contributed by atoms with Gasteiger partial charge in [-0.3, -0.25) is 0 Å². The molecule has 0 amide bonds. The van der Waals surface area contributed by atoms with E-state index in [4.69, 9.17) is 9.97 Å². The fourth-order valence-corrected chi connectivity index (χ4v) is 3.82. The summed E-state index contributed by atoms with van der Waals surface area (Å²) in [7, 11) is 0. The van der Waals surface area contributed by atoms with E-state index in [1.54, 1.807) is 12.1 Å². The summed E-state index contributed by atoms with van der Waals surface area (Å²) >= 11 is 0. The van der Waals surface area contributed by atoms with Crippen molar-refractivity contribution in [2.45, 2.75) is 86.4 Å². The largest absolute Gasteiger partial charge is 0.393 e. The van der Waals surface area contributed by atoms with Crippen LogP contribution in [0.4, 0.5) is 13.2 Å². The molecule has 170 valence electrons. The Hall–Kier alpha value is -2.44. The third-order valence-electron chi connectivity index (χ3n) is 5.37. The van der Waals surface area contributed by atoms with Crippen LogP contribution >= 0.6 is 0 Å². The van der Waals surface area contributed by atoms with Gasteiger partial charge in [0.1, 0.15) is 5.52 Å². The molecule has 1 aromatic carbocycles. The molecule has 0 N–H and O–H groups in total. The summed E-state index contributed by atoms with van der Waals surface area (Å²) in [5.74, 6) is 0. The van der Waals surface area contributed by atoms with Gasteiger partial charge in [0.15, 0.2) is 5.65 Å². The van der Waals surface area contributed by atoms with Crippen LogP contribution in [0.5, 0.6) is 0 Å². The molecule has 0 saturated carbocycles. The molecule has 4 nitrogen and oxygen atoms in total. The van der Waals surface area contributed by atoms with Crippen LogP contribution in [-0.2, 0) is 12.8 Å². The van der Waals surface area contributed by atoms with Crippen LogP contribution in [0.15, 0.2) is 18.2 Å². The Labute approximate surface area is 182 Å². The minimum Gasteiger partial charge on any atom is -0.243 e. The number of aryl methyl sites for hydroxylation is 3. The van der Waals surface area contributed by atoms with Gasteiger partial charge in [0, 0.05) is 5.56 Å². The molecule has 0 aliphatic heterocycles. The molecule has 0 fully saturated rings. The zero-order chi connectivity index (χ0) is 23.3. The number of rotatable bonds is 6. The molecule has 0 aliphatic rings. The number of halogens is 3. The lowest BCUT2D eigenvalue weighted by Crippen LogP contribution is -2.12. The lowest BCUT2D eigenvalue weighted by molar-refractivity contribution is -0.127. The van der Waals surface area contributed by atoms with Gasteiger partial charge in [0.2, 0.25) is 0 Å². The maximum atomic E-state index is 12.8. The number of aromatic nitrogens is 4. The van der Waals surface area contributed by atoms with Crippen LogP contribution in [0, 0.1) is 13.8 Å². The normalized spacial score (nSPS) is 11.7. The van der Waals surface area contributed by atoms with E-state index in [9.17, 15) is 13.2 Å². The standard InChI is InChI=1S/C22H27F3N4.C2H6/c1-6-16-11-15(12-22(23,24)25)9-10-18(16)19-13(4)26-21-20(27-19)14(5)28-29(21)17(7-2)8-3;1-2/h9-11,17H,6-8,12H2,1-5H3;1-2H3. The Morgan fingerprint density at radius 2 is 1.61 bits per heavy atom. The molecule has 3 rings (SSSR count). The number of fused-ring (bicyclic) bond motifs is 1. The maximum absolute atomic E-state index is 12.8. The van der Waals surface area contributed by atoms with Gasteiger partial charge >= 0.3 is 6.18 Å². The molecule has 2 heterocycles. The molecule has 7 heteroatoms. The number of alkyl halides is 3. The minimum atomic E-state index is -4.22. The average molecular weight is 435 g/mol. The second kappa shape index (κ2) is 10.2. The molecule has 31 heavy (non-hydrogen) atoms. The molecular formula is C24H33F3N4. The molecule has 0 saturated heterocycles. The molecule has 0 spiro atoms. The zero-order valence-corrected chi connectivity index (χ0v) is 19.6. The van der Waals surface area contributed by atoms with Crippen molar-refractivity contribution in [1.82, 2.24) is 19.7 Å². The van der Waals surface area contributed by atoms with E-state index in [1.165, 1.54) is 6.07 Å². The molecule has 0 radical (unpaired) electrons. The summed E-state index contributed by atoms with van der Waals surface area (Å²) < 4.78 is 40.3. The van der Waals surface area contributed by atoms with Gasteiger partial charge < -0.3 is 0 Å². The molecule has 0 bridgehead atoms. The predicted octanol–water partition coefficient (Wildman–Crippen LogP) is 7.16. The second-order valence-corrected chi connectivity index (χ2v) is 7.47. The van der Waals surface area contributed by atoms with E-state index in [1.807, 2.05) is 39.3 Å². The monoisotopic (exact) mass is 434 g/mol. The van der Waals surface area contributed by atoms with Gasteiger partial charge in [-0.2, -0.15) is 18.3 Å². The van der Waals surface area contributed by atoms with E-state index in [0.29, 0.717) is 12.1 Å². The Morgan fingerprint density at radius 1 is 0.968 bits per heavy atom. The lowest BCUT2D eigenvalue weighted by atomic mass is 9.97. The summed E-state index contributed by atoms with van der Waals surface area (Å²) in [6, 6.07) is 5.17. The highest BCUT2D eigenvalue weighted by molar-refractivity contribution is 5.79. The first-order chi connectivity index (χ1) is 14.7. The first-order valence-electron chi connectivity index (χ1n) is 11.1. The summed E-state index contributed by atoms with van der Waals surface area (Å²) in [4.78, 5) is 9.67. The van der Waals surface area contributed by atoms with Crippen molar-refractivity contribution in [1.29, 1.82) is 0 Å². The second-order valence-electron chi connectivity index (χ2n) is 7.47. The van der Waals surface area contributed by atoms with Gasteiger partial charge in [-0.15, -0.1) is 0 Å². The van der Waals surface area contributed by atoms with Crippen LogP contribution in [0.1, 0.15) is 76.0 Å². The maximum Gasteiger partial charge on any atom is 0.393 e. The van der Waals surface area contributed by atoms with Crippen molar-refractivity contribution in [3.63, 3.8) is 0 Å². The van der Waals surface area contributed by atoms with Crippen molar-refractivity contribution in [2.24, 2.45) is 0 Å². The molecule has 0 aliphatic carbocycles. The molecule has 0 atom stereocenters. The topological polar surface area (TPSA) is 43.6 Å². The number of hydrogen-bond donors (Lipinski definition) is 0. The van der Waals surface area contributed by atoms with Gasteiger partial charge in [-0.05, 0) is 44.2 Å². The highest BCUT2D eigenvalue weighted by atomic mass is 19.4. The zero-order valence-electron chi connectivity index (χ0n) is 19.6. The first kappa shape index (κ1) is 24.8. The van der Waals surface area contributed by atoms with Crippen LogP contribution in [0.3, 0.4) is 0 Å². The Bertz CT molecular complexity index is 1020. The number of nitrogens with zero attached hydrogens (tertiary/aromatic N) is 4. The SMILES string of the molecule is CC.CCc1cc(CC(F)(F)F)ccc1-c1nc2c(C)nn(C(CC)CC)c2nc1C. The molecule has 0 unspecified atom stereocenters. The lowest BCUT2D eigenvalue weighted by Gasteiger charge is -2.15. The van der Waals surface area contributed by atoms with Gasteiger partial charge in [0.25, 0.3) is 0 Å². The van der Waals surface area contributed by atoms with Gasteiger partial charge in [-0.1, -0.05) is 52.8 Å². The Kier molecular flexibility index (Phi) is 8.21. The van der Waals surface area contributed by atoms with Crippen molar-refractivity contribution in [2.75, 3.05) is 0 Å². The summed E-state index contributed by atoms with van der Waals surface area (Å²) in [5, 5.41) is 4.67. The third kappa shape index (κ3) is 5.43.